The molecule has 0 saturated carbocycles. The van der Waals surface area contributed by atoms with E-state index in [1.165, 1.54) is 0 Å². The van der Waals surface area contributed by atoms with Crippen molar-refractivity contribution in [2.75, 3.05) is 14.1 Å². The lowest BCUT2D eigenvalue weighted by Gasteiger charge is -2.29. The van der Waals surface area contributed by atoms with Crippen LogP contribution in [0, 0.1) is 0 Å². The van der Waals surface area contributed by atoms with Gasteiger partial charge in [-0.1, -0.05) is 6.58 Å². The molecule has 2 heteroatoms. The van der Waals surface area contributed by atoms with E-state index in [4.69, 9.17) is 0 Å². The van der Waals surface area contributed by atoms with E-state index >= 15 is 0 Å². The number of hydrogen-bond acceptors (Lipinski definition) is 2. The van der Waals surface area contributed by atoms with Crippen molar-refractivity contribution in [1.29, 1.82) is 0 Å². The van der Waals surface area contributed by atoms with Gasteiger partial charge in [-0.25, -0.2) is 5.01 Å². The first-order chi connectivity index (χ1) is 4.09. The zero-order valence-electron chi connectivity index (χ0n) is 6.76. The maximum Gasteiger partial charge on any atom is 0.0233 e. The summed E-state index contributed by atoms with van der Waals surface area (Å²) in [6.45, 7) is 7.93. The quantitative estimate of drug-likeness (QED) is 0.529. The van der Waals surface area contributed by atoms with E-state index in [2.05, 4.69) is 25.4 Å². The third kappa shape index (κ3) is 2.51. The van der Waals surface area contributed by atoms with Crippen molar-refractivity contribution in [1.82, 2.24) is 10.0 Å². The molecule has 2 nitrogen and oxygen atoms in total. The van der Waals surface area contributed by atoms with Crippen molar-refractivity contribution in [3.05, 3.63) is 12.8 Å². The molecule has 0 saturated heterocycles. The van der Waals surface area contributed by atoms with Gasteiger partial charge in [-0.3, -0.25) is 0 Å². The van der Waals surface area contributed by atoms with Crippen molar-refractivity contribution in [2.24, 2.45) is 0 Å². The van der Waals surface area contributed by atoms with E-state index in [9.17, 15) is 0 Å². The molecular weight excluding hydrogens is 112 g/mol. The Balaban J connectivity index is 3.71. The van der Waals surface area contributed by atoms with Crippen LogP contribution in [0.2, 0.25) is 0 Å². The molecule has 0 heterocycles. The molecule has 0 spiro atoms. The molecule has 0 atom stereocenters. The summed E-state index contributed by atoms with van der Waals surface area (Å²) >= 11 is 0. The van der Waals surface area contributed by atoms with Gasteiger partial charge >= 0.3 is 0 Å². The van der Waals surface area contributed by atoms with E-state index < -0.39 is 0 Å². The second-order valence-electron chi connectivity index (χ2n) is 2.42. The second-order valence-corrected chi connectivity index (χ2v) is 2.42. The monoisotopic (exact) mass is 128 g/mol. The Bertz CT molecular complexity index is 88.9. The van der Waals surface area contributed by atoms with Gasteiger partial charge in [-0.15, -0.1) is 0 Å². The van der Waals surface area contributed by atoms with Crippen LogP contribution in [-0.4, -0.2) is 30.2 Å². The Morgan fingerprint density at radius 2 is 1.78 bits per heavy atom. The molecule has 0 aromatic rings. The summed E-state index contributed by atoms with van der Waals surface area (Å²) < 4.78 is 0. The van der Waals surface area contributed by atoms with Crippen LogP contribution in [0.3, 0.4) is 0 Å². The first-order valence-corrected chi connectivity index (χ1v) is 3.17. The standard InChI is InChI=1S/C7H16N2/c1-6-8(4)9(5)7(2)3/h6-7H,1H2,2-5H3. The Kier molecular flexibility index (Phi) is 3.32. The van der Waals surface area contributed by atoms with E-state index in [0.29, 0.717) is 6.04 Å². The van der Waals surface area contributed by atoms with Gasteiger partial charge in [0.05, 0.1) is 0 Å². The minimum atomic E-state index is 0.535. The van der Waals surface area contributed by atoms with Crippen LogP contribution in [0.25, 0.3) is 0 Å². The molecule has 0 aliphatic carbocycles. The summed E-state index contributed by atoms with van der Waals surface area (Å²) in [4.78, 5) is 0. The maximum absolute atomic E-state index is 3.65. The Morgan fingerprint density at radius 1 is 1.33 bits per heavy atom. The molecule has 0 unspecified atom stereocenters. The van der Waals surface area contributed by atoms with E-state index in [-0.39, 0.29) is 0 Å². The smallest absolute Gasteiger partial charge is 0.0233 e. The summed E-state index contributed by atoms with van der Waals surface area (Å²) in [5.74, 6) is 0. The lowest BCUT2D eigenvalue weighted by Crippen LogP contribution is -2.37. The molecular formula is C7H16N2. The highest BCUT2D eigenvalue weighted by molar-refractivity contribution is 4.64. The van der Waals surface area contributed by atoms with Gasteiger partial charge in [0.2, 0.25) is 0 Å². The molecule has 54 valence electrons. The van der Waals surface area contributed by atoms with Gasteiger partial charge in [0, 0.05) is 26.3 Å². The van der Waals surface area contributed by atoms with Crippen molar-refractivity contribution < 1.29 is 0 Å². The Morgan fingerprint density at radius 3 is 1.89 bits per heavy atom. The predicted octanol–water partition coefficient (Wildman–Crippen LogP) is 1.32. The van der Waals surface area contributed by atoms with Gasteiger partial charge in [0.15, 0.2) is 0 Å². The van der Waals surface area contributed by atoms with Crippen molar-refractivity contribution in [3.63, 3.8) is 0 Å². The van der Waals surface area contributed by atoms with Crippen molar-refractivity contribution >= 4 is 0 Å². The zero-order valence-corrected chi connectivity index (χ0v) is 6.76. The highest BCUT2D eigenvalue weighted by Crippen LogP contribution is 1.96. The number of nitrogens with zero attached hydrogens (tertiary/aromatic N) is 2. The molecule has 0 N–H and O–H groups in total. The summed E-state index contributed by atoms with van der Waals surface area (Å²) in [5.41, 5.74) is 0. The third-order valence-electron chi connectivity index (χ3n) is 1.51. The molecule has 0 bridgehead atoms. The van der Waals surface area contributed by atoms with Crippen molar-refractivity contribution in [2.45, 2.75) is 19.9 Å². The molecule has 0 radical (unpaired) electrons. The van der Waals surface area contributed by atoms with E-state index in [1.54, 1.807) is 6.20 Å². The highest BCUT2D eigenvalue weighted by Gasteiger charge is 2.03. The summed E-state index contributed by atoms with van der Waals surface area (Å²) in [6.07, 6.45) is 1.79. The van der Waals surface area contributed by atoms with Crippen LogP contribution in [0.5, 0.6) is 0 Å². The second kappa shape index (κ2) is 3.51. The predicted molar refractivity (Wildman–Crippen MR) is 40.9 cm³/mol. The van der Waals surface area contributed by atoms with Gasteiger partial charge in [-0.05, 0) is 13.8 Å². The van der Waals surface area contributed by atoms with Crippen molar-refractivity contribution in [3.8, 4) is 0 Å². The highest BCUT2D eigenvalue weighted by atomic mass is 15.6. The van der Waals surface area contributed by atoms with Crippen LogP contribution in [-0.2, 0) is 0 Å². The maximum atomic E-state index is 3.65. The molecule has 0 amide bonds. The number of hydrogen-bond donors (Lipinski definition) is 0. The molecule has 9 heavy (non-hydrogen) atoms. The lowest BCUT2D eigenvalue weighted by atomic mass is 10.4. The van der Waals surface area contributed by atoms with Gasteiger partial charge in [0.25, 0.3) is 0 Å². The van der Waals surface area contributed by atoms with Gasteiger partial charge in [0.1, 0.15) is 0 Å². The molecule has 0 aliphatic heterocycles. The average Bonchev–Trinajstić information content (AvgIpc) is 1.84. The minimum absolute atomic E-state index is 0.535. The topological polar surface area (TPSA) is 6.48 Å². The zero-order chi connectivity index (χ0) is 7.44. The van der Waals surface area contributed by atoms with E-state index in [1.807, 2.05) is 19.1 Å². The summed E-state index contributed by atoms with van der Waals surface area (Å²) in [5, 5.41) is 4.07. The molecule has 0 aromatic carbocycles. The van der Waals surface area contributed by atoms with E-state index in [0.717, 1.165) is 0 Å². The van der Waals surface area contributed by atoms with Gasteiger partial charge in [-0.2, -0.15) is 0 Å². The van der Waals surface area contributed by atoms with Crippen LogP contribution in [0.15, 0.2) is 12.8 Å². The van der Waals surface area contributed by atoms with Crippen LogP contribution < -0.4 is 0 Å². The normalized spacial score (nSPS) is 10.4. The lowest BCUT2D eigenvalue weighted by molar-refractivity contribution is 0.0464. The molecule has 0 fully saturated rings. The summed E-state index contributed by atoms with van der Waals surface area (Å²) in [7, 11) is 4.01. The van der Waals surface area contributed by atoms with Crippen LogP contribution in [0.1, 0.15) is 13.8 Å². The summed E-state index contributed by atoms with van der Waals surface area (Å²) in [6, 6.07) is 0.535. The Labute approximate surface area is 57.7 Å². The SMILES string of the molecule is C=CN(C)N(C)C(C)C. The largest absolute Gasteiger partial charge is 0.317 e. The number of hydrazine groups is 1. The first-order valence-electron chi connectivity index (χ1n) is 3.17. The Hall–Kier alpha value is -0.500. The minimum Gasteiger partial charge on any atom is -0.317 e. The number of rotatable bonds is 3. The molecule has 0 rings (SSSR count). The van der Waals surface area contributed by atoms with Crippen LogP contribution in [0.4, 0.5) is 0 Å². The van der Waals surface area contributed by atoms with Crippen LogP contribution >= 0.6 is 0 Å². The van der Waals surface area contributed by atoms with Gasteiger partial charge < -0.3 is 5.01 Å². The molecule has 0 aliphatic rings. The fourth-order valence-corrected chi connectivity index (χ4v) is 0.493. The molecule has 0 aromatic heterocycles. The average molecular weight is 128 g/mol. The first kappa shape index (κ1) is 8.50. The fraction of sp³-hybridized carbons (Fsp3) is 0.714. The third-order valence-corrected chi connectivity index (χ3v) is 1.51. The fourth-order valence-electron chi connectivity index (χ4n) is 0.493.